The van der Waals surface area contributed by atoms with Gasteiger partial charge in [0.05, 0.1) is 6.54 Å². The highest BCUT2D eigenvalue weighted by atomic mass is 32.2. The minimum absolute atomic E-state index is 0.678. The molecule has 3 atom stereocenters. The molecule has 0 spiro atoms. The average molecular weight is 254 g/mol. The topological polar surface area (TPSA) is 24.4 Å². The van der Waals surface area contributed by atoms with Crippen LogP contribution in [0.15, 0.2) is 4.99 Å². The third kappa shape index (κ3) is 3.90. The third-order valence-corrected chi connectivity index (χ3v) is 5.47. The van der Waals surface area contributed by atoms with Gasteiger partial charge in [0, 0.05) is 11.3 Å². The van der Waals surface area contributed by atoms with E-state index in [1.165, 1.54) is 37.3 Å². The van der Waals surface area contributed by atoms with Crippen LogP contribution in [0.2, 0.25) is 0 Å². The Bertz CT molecular complexity index is 275. The van der Waals surface area contributed by atoms with Crippen LogP contribution in [0.5, 0.6) is 0 Å². The predicted octanol–water partition coefficient (Wildman–Crippen LogP) is 3.67. The Labute approximate surface area is 110 Å². The average Bonchev–Trinajstić information content (AvgIpc) is 2.65. The molecule has 0 radical (unpaired) electrons. The van der Waals surface area contributed by atoms with E-state index in [4.69, 9.17) is 0 Å². The Morgan fingerprint density at radius 1 is 1.24 bits per heavy atom. The Morgan fingerprint density at radius 2 is 2.06 bits per heavy atom. The molecule has 0 aromatic heterocycles. The number of nitrogens with one attached hydrogen (secondary N) is 1. The highest BCUT2D eigenvalue weighted by molar-refractivity contribution is 8.14. The van der Waals surface area contributed by atoms with Crippen LogP contribution in [0.25, 0.3) is 0 Å². The van der Waals surface area contributed by atoms with Crippen molar-refractivity contribution >= 4 is 16.9 Å². The van der Waals surface area contributed by atoms with Gasteiger partial charge in [-0.1, -0.05) is 45.4 Å². The zero-order chi connectivity index (χ0) is 12.3. The Balaban J connectivity index is 1.78. The van der Waals surface area contributed by atoms with E-state index in [1.54, 1.807) is 0 Å². The third-order valence-electron chi connectivity index (χ3n) is 4.01. The molecule has 2 rings (SSSR count). The summed E-state index contributed by atoms with van der Waals surface area (Å²) in [6.07, 6.45) is 6.82. The first kappa shape index (κ1) is 13.3. The van der Waals surface area contributed by atoms with E-state index in [-0.39, 0.29) is 0 Å². The monoisotopic (exact) mass is 254 g/mol. The fraction of sp³-hybridized carbons (Fsp3) is 0.929. The Morgan fingerprint density at radius 3 is 2.76 bits per heavy atom. The number of thioether (sulfide) groups is 1. The van der Waals surface area contributed by atoms with Gasteiger partial charge in [-0.15, -0.1) is 0 Å². The van der Waals surface area contributed by atoms with Crippen molar-refractivity contribution in [2.24, 2.45) is 16.8 Å². The number of amidine groups is 1. The quantitative estimate of drug-likeness (QED) is 0.760. The molecular formula is C14H26N2S. The standard InChI is InChI=1S/C14H26N2S/c1-10(2)13-9-15-14(17-13)16-12-6-4-5-11(3)7-8-12/h10-13H,4-9H2,1-3H3,(H,15,16). The SMILES string of the molecule is CC1CCCC(NC2=NCC(C(C)C)S2)CC1. The molecule has 17 heavy (non-hydrogen) atoms. The van der Waals surface area contributed by atoms with E-state index in [0.29, 0.717) is 11.3 Å². The highest BCUT2D eigenvalue weighted by Crippen LogP contribution is 2.28. The molecule has 0 aromatic rings. The fourth-order valence-corrected chi connectivity index (χ4v) is 3.72. The summed E-state index contributed by atoms with van der Waals surface area (Å²) in [6.45, 7) is 7.99. The van der Waals surface area contributed by atoms with Gasteiger partial charge in [0.25, 0.3) is 0 Å². The summed E-state index contributed by atoms with van der Waals surface area (Å²) in [5.41, 5.74) is 0. The van der Waals surface area contributed by atoms with Crippen molar-refractivity contribution in [1.82, 2.24) is 5.32 Å². The molecule has 0 bridgehead atoms. The summed E-state index contributed by atoms with van der Waals surface area (Å²) in [5.74, 6) is 1.65. The second kappa shape index (κ2) is 6.12. The van der Waals surface area contributed by atoms with Gasteiger partial charge in [0.15, 0.2) is 5.17 Å². The fourth-order valence-electron chi connectivity index (χ4n) is 2.62. The Kier molecular flexibility index (Phi) is 4.78. The normalized spacial score (nSPS) is 34.6. The van der Waals surface area contributed by atoms with Crippen LogP contribution in [0.1, 0.15) is 52.9 Å². The van der Waals surface area contributed by atoms with Crippen molar-refractivity contribution in [2.75, 3.05) is 6.54 Å². The molecule has 98 valence electrons. The van der Waals surface area contributed by atoms with Crippen molar-refractivity contribution in [3.8, 4) is 0 Å². The summed E-state index contributed by atoms with van der Waals surface area (Å²) < 4.78 is 0. The van der Waals surface area contributed by atoms with Gasteiger partial charge < -0.3 is 5.32 Å². The summed E-state index contributed by atoms with van der Waals surface area (Å²) in [5, 5.41) is 5.58. The van der Waals surface area contributed by atoms with Gasteiger partial charge in [-0.05, 0) is 31.1 Å². The zero-order valence-corrected chi connectivity index (χ0v) is 12.2. The van der Waals surface area contributed by atoms with Crippen LogP contribution in [0.4, 0.5) is 0 Å². The smallest absolute Gasteiger partial charge is 0.157 e. The van der Waals surface area contributed by atoms with Crippen molar-refractivity contribution < 1.29 is 0 Å². The molecule has 0 aromatic carbocycles. The van der Waals surface area contributed by atoms with Gasteiger partial charge in [0.1, 0.15) is 0 Å². The summed E-state index contributed by atoms with van der Waals surface area (Å²) >= 11 is 1.96. The second-order valence-corrected chi connectivity index (χ2v) is 7.23. The number of hydrogen-bond acceptors (Lipinski definition) is 3. The number of aliphatic imine (C=N–C) groups is 1. The first-order chi connectivity index (χ1) is 8.15. The van der Waals surface area contributed by atoms with E-state index in [0.717, 1.165) is 18.4 Å². The maximum atomic E-state index is 4.65. The molecule has 1 N–H and O–H groups in total. The lowest BCUT2D eigenvalue weighted by Gasteiger charge is -2.18. The van der Waals surface area contributed by atoms with Crippen LogP contribution in [-0.2, 0) is 0 Å². The van der Waals surface area contributed by atoms with Crippen LogP contribution < -0.4 is 5.32 Å². The summed E-state index contributed by atoms with van der Waals surface area (Å²) in [6, 6.07) is 0.678. The van der Waals surface area contributed by atoms with Crippen LogP contribution in [0.3, 0.4) is 0 Å². The summed E-state index contributed by atoms with van der Waals surface area (Å²) in [4.78, 5) is 4.65. The van der Waals surface area contributed by atoms with Crippen LogP contribution in [-0.4, -0.2) is 23.0 Å². The van der Waals surface area contributed by atoms with Gasteiger partial charge >= 0.3 is 0 Å². The van der Waals surface area contributed by atoms with E-state index in [1.807, 2.05) is 11.8 Å². The first-order valence-electron chi connectivity index (χ1n) is 7.12. The van der Waals surface area contributed by atoms with Crippen molar-refractivity contribution in [2.45, 2.75) is 64.2 Å². The molecule has 1 aliphatic carbocycles. The molecule has 0 saturated heterocycles. The number of rotatable bonds is 2. The van der Waals surface area contributed by atoms with Gasteiger partial charge in [-0.3, -0.25) is 4.99 Å². The molecular weight excluding hydrogens is 228 g/mol. The number of hydrogen-bond donors (Lipinski definition) is 1. The molecule has 3 heteroatoms. The van der Waals surface area contributed by atoms with Gasteiger partial charge in [-0.2, -0.15) is 0 Å². The minimum atomic E-state index is 0.678. The van der Waals surface area contributed by atoms with E-state index >= 15 is 0 Å². The Hall–Kier alpha value is -0.180. The zero-order valence-electron chi connectivity index (χ0n) is 11.4. The maximum absolute atomic E-state index is 4.65. The van der Waals surface area contributed by atoms with Crippen molar-refractivity contribution in [1.29, 1.82) is 0 Å². The molecule has 2 nitrogen and oxygen atoms in total. The second-order valence-electron chi connectivity index (χ2n) is 6.00. The maximum Gasteiger partial charge on any atom is 0.157 e. The lowest BCUT2D eigenvalue weighted by Crippen LogP contribution is -2.32. The van der Waals surface area contributed by atoms with E-state index in [2.05, 4.69) is 31.1 Å². The number of nitrogens with zero attached hydrogens (tertiary/aromatic N) is 1. The van der Waals surface area contributed by atoms with E-state index < -0.39 is 0 Å². The van der Waals surface area contributed by atoms with Gasteiger partial charge in [0.2, 0.25) is 0 Å². The summed E-state index contributed by atoms with van der Waals surface area (Å²) in [7, 11) is 0. The molecule has 1 aliphatic heterocycles. The van der Waals surface area contributed by atoms with Crippen molar-refractivity contribution in [3.63, 3.8) is 0 Å². The minimum Gasteiger partial charge on any atom is -0.362 e. The lowest BCUT2D eigenvalue weighted by molar-refractivity contribution is 0.490. The molecule has 3 unspecified atom stereocenters. The highest BCUT2D eigenvalue weighted by Gasteiger charge is 2.24. The van der Waals surface area contributed by atoms with Crippen LogP contribution in [0, 0.1) is 11.8 Å². The van der Waals surface area contributed by atoms with Crippen molar-refractivity contribution in [3.05, 3.63) is 0 Å². The molecule has 1 heterocycles. The lowest BCUT2D eigenvalue weighted by atomic mass is 10.0. The first-order valence-corrected chi connectivity index (χ1v) is 8.00. The molecule has 2 aliphatic rings. The van der Waals surface area contributed by atoms with E-state index in [9.17, 15) is 0 Å². The largest absolute Gasteiger partial charge is 0.362 e. The van der Waals surface area contributed by atoms with Gasteiger partial charge in [-0.25, -0.2) is 0 Å². The van der Waals surface area contributed by atoms with Crippen LogP contribution >= 0.6 is 11.8 Å². The molecule has 1 fully saturated rings. The molecule has 1 saturated carbocycles. The molecule has 0 amide bonds. The predicted molar refractivity (Wildman–Crippen MR) is 77.7 cm³/mol.